The monoisotopic (exact) mass is 550 g/mol. The van der Waals surface area contributed by atoms with E-state index < -0.39 is 6.04 Å². The normalized spacial score (nSPS) is 11.5. The minimum Gasteiger partial charge on any atom is -0.494 e. The van der Waals surface area contributed by atoms with Crippen molar-refractivity contribution in [3.63, 3.8) is 0 Å². The van der Waals surface area contributed by atoms with Gasteiger partial charge in [0.25, 0.3) is 0 Å². The molecule has 6 heteroatoms. The third-order valence-electron chi connectivity index (χ3n) is 5.89. The molecule has 0 fully saturated rings. The Hall–Kier alpha value is -3.12. The van der Waals surface area contributed by atoms with E-state index in [1.54, 1.807) is 4.90 Å². The summed E-state index contributed by atoms with van der Waals surface area (Å²) in [5.41, 5.74) is 1.99. The number of hydrogen-bond donors (Lipinski definition) is 1. The van der Waals surface area contributed by atoms with Gasteiger partial charge in [0, 0.05) is 30.4 Å². The number of nitrogens with one attached hydrogen (secondary N) is 1. The summed E-state index contributed by atoms with van der Waals surface area (Å²) in [6.45, 7) is 3.49. The summed E-state index contributed by atoms with van der Waals surface area (Å²) < 4.78 is 6.72. The molecule has 0 aliphatic rings. The first-order valence-corrected chi connectivity index (χ1v) is 13.4. The summed E-state index contributed by atoms with van der Waals surface area (Å²) in [5, 5.41) is 3.06. The molecule has 0 aromatic heterocycles. The topological polar surface area (TPSA) is 58.6 Å². The summed E-state index contributed by atoms with van der Waals surface area (Å²) >= 11 is 3.53. The van der Waals surface area contributed by atoms with Crippen LogP contribution in [0.2, 0.25) is 0 Å². The molecule has 3 aromatic carbocycles. The molecular weight excluding hydrogens is 516 g/mol. The third kappa shape index (κ3) is 9.15. The van der Waals surface area contributed by atoms with E-state index in [1.165, 1.54) is 0 Å². The van der Waals surface area contributed by atoms with Gasteiger partial charge in [0.15, 0.2) is 0 Å². The SMILES string of the molecule is CCCCNC(=O)[C@H](Cc1ccccc1)N(Cc1cccc(Br)c1)C(=O)CCCOc1ccccc1. The minimum atomic E-state index is -0.606. The van der Waals surface area contributed by atoms with Crippen LogP contribution in [-0.4, -0.2) is 35.9 Å². The second kappa shape index (κ2) is 15.1. The van der Waals surface area contributed by atoms with Crippen molar-refractivity contribution in [3.8, 4) is 5.75 Å². The fourth-order valence-electron chi connectivity index (χ4n) is 3.97. The zero-order chi connectivity index (χ0) is 25.6. The molecule has 3 aromatic rings. The van der Waals surface area contributed by atoms with Gasteiger partial charge in [0.05, 0.1) is 6.61 Å². The van der Waals surface area contributed by atoms with Crippen LogP contribution in [0.25, 0.3) is 0 Å². The maximum atomic E-state index is 13.6. The minimum absolute atomic E-state index is 0.0572. The zero-order valence-electron chi connectivity index (χ0n) is 20.9. The Morgan fingerprint density at radius 2 is 1.61 bits per heavy atom. The van der Waals surface area contributed by atoms with Gasteiger partial charge in [-0.1, -0.05) is 89.9 Å². The van der Waals surface area contributed by atoms with Crippen LogP contribution in [0.3, 0.4) is 0 Å². The molecule has 0 heterocycles. The Morgan fingerprint density at radius 3 is 2.31 bits per heavy atom. The van der Waals surface area contributed by atoms with Crippen molar-refractivity contribution in [1.29, 1.82) is 0 Å². The fourth-order valence-corrected chi connectivity index (χ4v) is 4.41. The van der Waals surface area contributed by atoms with Crippen LogP contribution in [-0.2, 0) is 22.6 Å². The molecule has 1 N–H and O–H groups in total. The number of carbonyl (C=O) groups excluding carboxylic acids is 2. The van der Waals surface area contributed by atoms with E-state index >= 15 is 0 Å². The number of para-hydroxylation sites is 1. The Labute approximate surface area is 223 Å². The van der Waals surface area contributed by atoms with Crippen LogP contribution in [0.5, 0.6) is 5.75 Å². The molecule has 0 spiro atoms. The highest BCUT2D eigenvalue weighted by atomic mass is 79.9. The van der Waals surface area contributed by atoms with Crippen molar-refractivity contribution < 1.29 is 14.3 Å². The van der Waals surface area contributed by atoms with E-state index in [9.17, 15) is 9.59 Å². The van der Waals surface area contributed by atoms with Gasteiger partial charge in [-0.3, -0.25) is 9.59 Å². The van der Waals surface area contributed by atoms with Gasteiger partial charge in [0.1, 0.15) is 11.8 Å². The lowest BCUT2D eigenvalue weighted by Crippen LogP contribution is -2.50. The lowest BCUT2D eigenvalue weighted by atomic mass is 10.0. The molecule has 190 valence electrons. The van der Waals surface area contributed by atoms with Gasteiger partial charge >= 0.3 is 0 Å². The maximum absolute atomic E-state index is 13.6. The van der Waals surface area contributed by atoms with Crippen LogP contribution in [0, 0.1) is 0 Å². The van der Waals surface area contributed by atoms with Crippen LogP contribution in [0.1, 0.15) is 43.7 Å². The summed E-state index contributed by atoms with van der Waals surface area (Å²) in [5.74, 6) is 0.614. The first-order chi connectivity index (χ1) is 17.6. The number of nitrogens with zero attached hydrogens (tertiary/aromatic N) is 1. The molecule has 0 saturated heterocycles. The lowest BCUT2D eigenvalue weighted by molar-refractivity contribution is -0.141. The Morgan fingerprint density at radius 1 is 0.917 bits per heavy atom. The highest BCUT2D eigenvalue weighted by Gasteiger charge is 2.30. The molecule has 0 saturated carbocycles. The lowest BCUT2D eigenvalue weighted by Gasteiger charge is -2.31. The summed E-state index contributed by atoms with van der Waals surface area (Å²) in [6.07, 6.45) is 3.22. The van der Waals surface area contributed by atoms with Crippen molar-refractivity contribution in [2.75, 3.05) is 13.2 Å². The molecule has 1 atom stereocenters. The molecular formula is C30H35BrN2O3. The van der Waals surface area contributed by atoms with Gasteiger partial charge in [-0.25, -0.2) is 0 Å². The standard InChI is InChI=1S/C30H35BrN2O3/c1-2-3-19-32-30(35)28(22-24-12-6-4-7-13-24)33(23-25-14-10-15-26(31)21-25)29(34)18-11-20-36-27-16-8-5-9-17-27/h4-10,12-17,21,28H,2-3,11,18-20,22-23H2,1H3,(H,32,35)/t28-/m0/s1. The third-order valence-corrected chi connectivity index (χ3v) is 6.38. The first kappa shape index (κ1) is 27.5. The second-order valence-corrected chi connectivity index (χ2v) is 9.68. The number of carbonyl (C=O) groups is 2. The number of unbranched alkanes of at least 4 members (excludes halogenated alkanes) is 1. The largest absolute Gasteiger partial charge is 0.494 e. The maximum Gasteiger partial charge on any atom is 0.243 e. The van der Waals surface area contributed by atoms with Crippen LogP contribution in [0.4, 0.5) is 0 Å². The smallest absolute Gasteiger partial charge is 0.243 e. The number of benzene rings is 3. The Bertz CT molecular complexity index is 1080. The van der Waals surface area contributed by atoms with E-state index in [2.05, 4.69) is 28.2 Å². The summed E-state index contributed by atoms with van der Waals surface area (Å²) in [7, 11) is 0. The highest BCUT2D eigenvalue weighted by molar-refractivity contribution is 9.10. The number of halogens is 1. The summed E-state index contributed by atoms with van der Waals surface area (Å²) in [4.78, 5) is 28.7. The van der Waals surface area contributed by atoms with Gasteiger partial charge in [-0.05, 0) is 48.2 Å². The van der Waals surface area contributed by atoms with Crippen LogP contribution >= 0.6 is 15.9 Å². The van der Waals surface area contributed by atoms with Gasteiger partial charge in [-0.15, -0.1) is 0 Å². The second-order valence-electron chi connectivity index (χ2n) is 8.77. The predicted molar refractivity (Wildman–Crippen MR) is 148 cm³/mol. The highest BCUT2D eigenvalue weighted by Crippen LogP contribution is 2.19. The van der Waals surface area contributed by atoms with E-state index in [0.717, 1.165) is 34.2 Å². The van der Waals surface area contributed by atoms with Gasteiger partial charge in [0.2, 0.25) is 11.8 Å². The number of amides is 2. The molecule has 3 rings (SSSR count). The van der Waals surface area contributed by atoms with Crippen molar-refractivity contribution >= 4 is 27.7 Å². The molecule has 0 aliphatic heterocycles. The molecule has 2 amide bonds. The predicted octanol–water partition coefficient (Wildman–Crippen LogP) is 6.16. The zero-order valence-corrected chi connectivity index (χ0v) is 22.5. The molecule has 0 aliphatic carbocycles. The van der Waals surface area contributed by atoms with E-state index in [1.807, 2.05) is 84.9 Å². The van der Waals surface area contributed by atoms with Crippen LogP contribution in [0.15, 0.2) is 89.4 Å². The van der Waals surface area contributed by atoms with E-state index in [-0.39, 0.29) is 11.8 Å². The summed E-state index contributed by atoms with van der Waals surface area (Å²) in [6, 6.07) is 26.7. The number of rotatable bonds is 14. The molecule has 0 radical (unpaired) electrons. The molecule has 0 unspecified atom stereocenters. The van der Waals surface area contributed by atoms with E-state index in [0.29, 0.717) is 39.0 Å². The van der Waals surface area contributed by atoms with Crippen molar-refractivity contribution in [2.45, 2.75) is 51.6 Å². The fraction of sp³-hybridized carbons (Fsp3) is 0.333. The molecule has 36 heavy (non-hydrogen) atoms. The van der Waals surface area contributed by atoms with Gasteiger partial charge in [-0.2, -0.15) is 0 Å². The average Bonchev–Trinajstić information content (AvgIpc) is 2.90. The number of hydrogen-bond acceptors (Lipinski definition) is 3. The van der Waals surface area contributed by atoms with E-state index in [4.69, 9.17) is 4.74 Å². The Kier molecular flexibility index (Phi) is 11.5. The molecule has 0 bridgehead atoms. The van der Waals surface area contributed by atoms with Crippen molar-refractivity contribution in [2.24, 2.45) is 0 Å². The average molecular weight is 552 g/mol. The Balaban J connectivity index is 1.78. The number of ether oxygens (including phenoxy) is 1. The first-order valence-electron chi connectivity index (χ1n) is 12.6. The van der Waals surface area contributed by atoms with Crippen LogP contribution < -0.4 is 10.1 Å². The van der Waals surface area contributed by atoms with Crippen molar-refractivity contribution in [1.82, 2.24) is 10.2 Å². The molecule has 5 nitrogen and oxygen atoms in total. The van der Waals surface area contributed by atoms with Gasteiger partial charge < -0.3 is 15.0 Å². The quantitative estimate of drug-likeness (QED) is 0.244. The van der Waals surface area contributed by atoms with Crippen molar-refractivity contribution in [3.05, 3.63) is 101 Å².